The highest BCUT2D eigenvalue weighted by molar-refractivity contribution is 14.1. The number of halogens is 1. The van der Waals surface area contributed by atoms with Gasteiger partial charge in [0.1, 0.15) is 0 Å². The van der Waals surface area contributed by atoms with Crippen molar-refractivity contribution in [3.63, 3.8) is 0 Å². The minimum atomic E-state index is 0.596. The molecule has 0 atom stereocenters. The number of likely N-dealkylation sites (N-methyl/N-ethyl adjacent to an activating group) is 1. The Balaban J connectivity index is 2.40. The second-order valence-electron chi connectivity index (χ2n) is 4.06. The van der Waals surface area contributed by atoms with E-state index in [1.54, 1.807) is 0 Å². The van der Waals surface area contributed by atoms with Gasteiger partial charge in [-0.1, -0.05) is 0 Å². The molecule has 0 radical (unpaired) electrons. The zero-order chi connectivity index (χ0) is 11.7. The van der Waals surface area contributed by atoms with Crippen molar-refractivity contribution < 1.29 is 0 Å². The third-order valence-corrected chi connectivity index (χ3v) is 3.18. The quantitative estimate of drug-likeness (QED) is 0.873. The lowest BCUT2D eigenvalue weighted by atomic mass is 10.3. The summed E-state index contributed by atoms with van der Waals surface area (Å²) in [6.45, 7) is 1.83. The molecule has 4 nitrogen and oxygen atoms in total. The summed E-state index contributed by atoms with van der Waals surface area (Å²) < 4.78 is 3.24. The van der Waals surface area contributed by atoms with Gasteiger partial charge in [-0.25, -0.2) is 4.98 Å². The molecule has 0 aliphatic rings. The monoisotopic (exact) mass is 330 g/mol. The standard InChI is InChI=1S/C11H15IN4/c1-15(2)5-6-16-10-4-3-8(12)7-9(10)14-11(16)13/h3-4,7H,5-6H2,1-2H3,(H2,13,14). The van der Waals surface area contributed by atoms with Gasteiger partial charge in [0.25, 0.3) is 0 Å². The molecule has 0 saturated heterocycles. The number of hydrogen-bond acceptors (Lipinski definition) is 3. The Labute approximate surface area is 109 Å². The molecule has 0 fully saturated rings. The van der Waals surface area contributed by atoms with Crippen molar-refractivity contribution in [3.8, 4) is 0 Å². The largest absolute Gasteiger partial charge is 0.369 e. The Morgan fingerprint density at radius 1 is 1.44 bits per heavy atom. The van der Waals surface area contributed by atoms with Crippen molar-refractivity contribution in [3.05, 3.63) is 21.8 Å². The first kappa shape index (κ1) is 11.7. The van der Waals surface area contributed by atoms with Gasteiger partial charge >= 0.3 is 0 Å². The second-order valence-corrected chi connectivity index (χ2v) is 5.30. The molecule has 0 spiro atoms. The van der Waals surface area contributed by atoms with E-state index in [1.165, 1.54) is 3.57 Å². The number of nitrogens with zero attached hydrogens (tertiary/aromatic N) is 3. The zero-order valence-electron chi connectivity index (χ0n) is 9.44. The van der Waals surface area contributed by atoms with Crippen LogP contribution in [0.2, 0.25) is 0 Å². The molecule has 2 N–H and O–H groups in total. The van der Waals surface area contributed by atoms with E-state index in [9.17, 15) is 0 Å². The number of rotatable bonds is 3. The topological polar surface area (TPSA) is 47.1 Å². The highest BCUT2D eigenvalue weighted by atomic mass is 127. The predicted octanol–water partition coefficient (Wildman–Crippen LogP) is 1.78. The summed E-state index contributed by atoms with van der Waals surface area (Å²) in [5, 5.41) is 0. The van der Waals surface area contributed by atoms with Crippen LogP contribution in [-0.2, 0) is 6.54 Å². The van der Waals surface area contributed by atoms with E-state index in [2.05, 4.69) is 69.3 Å². The van der Waals surface area contributed by atoms with Gasteiger partial charge in [0, 0.05) is 16.7 Å². The fourth-order valence-electron chi connectivity index (χ4n) is 1.66. The third kappa shape index (κ3) is 2.30. The van der Waals surface area contributed by atoms with Crippen LogP contribution in [0.1, 0.15) is 0 Å². The molecule has 1 aromatic heterocycles. The van der Waals surface area contributed by atoms with Crippen LogP contribution in [0, 0.1) is 3.57 Å². The Bertz CT molecular complexity index is 504. The number of imidazole rings is 1. The first-order chi connectivity index (χ1) is 7.58. The van der Waals surface area contributed by atoms with E-state index in [0.29, 0.717) is 5.95 Å². The summed E-state index contributed by atoms with van der Waals surface area (Å²) in [7, 11) is 4.11. The Morgan fingerprint density at radius 2 is 2.19 bits per heavy atom. The van der Waals surface area contributed by atoms with Crippen LogP contribution in [0.3, 0.4) is 0 Å². The molecule has 0 aliphatic heterocycles. The smallest absolute Gasteiger partial charge is 0.201 e. The first-order valence-corrected chi connectivity index (χ1v) is 6.22. The summed E-state index contributed by atoms with van der Waals surface area (Å²) in [6.07, 6.45) is 0. The van der Waals surface area contributed by atoms with E-state index in [4.69, 9.17) is 5.73 Å². The highest BCUT2D eigenvalue weighted by Gasteiger charge is 2.08. The SMILES string of the molecule is CN(C)CCn1c(N)nc2cc(I)ccc21. The van der Waals surface area contributed by atoms with Gasteiger partial charge in [-0.3, -0.25) is 0 Å². The van der Waals surface area contributed by atoms with Crippen molar-refractivity contribution in [2.45, 2.75) is 6.54 Å². The zero-order valence-corrected chi connectivity index (χ0v) is 11.6. The third-order valence-electron chi connectivity index (χ3n) is 2.51. The van der Waals surface area contributed by atoms with Gasteiger partial charge < -0.3 is 15.2 Å². The maximum Gasteiger partial charge on any atom is 0.201 e. The van der Waals surface area contributed by atoms with Gasteiger partial charge in [0.15, 0.2) is 0 Å². The van der Waals surface area contributed by atoms with Gasteiger partial charge in [-0.05, 0) is 54.9 Å². The lowest BCUT2D eigenvalue weighted by Crippen LogP contribution is -2.19. The van der Waals surface area contributed by atoms with Crippen LogP contribution in [0.4, 0.5) is 5.95 Å². The average molecular weight is 330 g/mol. The van der Waals surface area contributed by atoms with Crippen LogP contribution < -0.4 is 5.73 Å². The van der Waals surface area contributed by atoms with Crippen molar-refractivity contribution in [2.24, 2.45) is 0 Å². The molecule has 1 aromatic carbocycles. The molecule has 0 aliphatic carbocycles. The molecule has 5 heteroatoms. The molecule has 1 heterocycles. The van der Waals surface area contributed by atoms with Crippen LogP contribution in [0.25, 0.3) is 11.0 Å². The summed E-state index contributed by atoms with van der Waals surface area (Å²) in [5.41, 5.74) is 8.01. The van der Waals surface area contributed by atoms with E-state index < -0.39 is 0 Å². The van der Waals surface area contributed by atoms with Crippen molar-refractivity contribution in [2.75, 3.05) is 26.4 Å². The van der Waals surface area contributed by atoms with Crippen LogP contribution in [0.15, 0.2) is 18.2 Å². The molecule has 0 unspecified atom stereocenters. The lowest BCUT2D eigenvalue weighted by Gasteiger charge is -2.11. The van der Waals surface area contributed by atoms with E-state index in [1.807, 2.05) is 0 Å². The molecule has 0 saturated carbocycles. The molecule has 0 bridgehead atoms. The molecular formula is C11H15IN4. The Hall–Kier alpha value is -0.820. The van der Waals surface area contributed by atoms with Gasteiger partial charge in [0.05, 0.1) is 11.0 Å². The Kier molecular flexibility index (Phi) is 3.34. The average Bonchev–Trinajstić information content (AvgIpc) is 2.50. The molecular weight excluding hydrogens is 315 g/mol. The molecule has 86 valence electrons. The summed E-state index contributed by atoms with van der Waals surface area (Å²) >= 11 is 2.28. The number of nitrogens with two attached hydrogens (primary N) is 1. The van der Waals surface area contributed by atoms with Crippen LogP contribution in [0.5, 0.6) is 0 Å². The first-order valence-electron chi connectivity index (χ1n) is 5.14. The van der Waals surface area contributed by atoms with Crippen molar-refractivity contribution in [1.82, 2.24) is 14.5 Å². The van der Waals surface area contributed by atoms with Gasteiger partial charge in [-0.15, -0.1) is 0 Å². The highest BCUT2D eigenvalue weighted by Crippen LogP contribution is 2.20. The van der Waals surface area contributed by atoms with E-state index in [-0.39, 0.29) is 0 Å². The van der Waals surface area contributed by atoms with Crippen LogP contribution in [-0.4, -0.2) is 35.1 Å². The number of benzene rings is 1. The maximum absolute atomic E-state index is 5.92. The molecule has 2 rings (SSSR count). The number of nitrogen functional groups attached to an aromatic ring is 1. The molecule has 2 aromatic rings. The minimum absolute atomic E-state index is 0.596. The lowest BCUT2D eigenvalue weighted by molar-refractivity contribution is 0.387. The predicted molar refractivity (Wildman–Crippen MR) is 75.4 cm³/mol. The van der Waals surface area contributed by atoms with Gasteiger partial charge in [-0.2, -0.15) is 0 Å². The summed E-state index contributed by atoms with van der Waals surface area (Å²) in [6, 6.07) is 6.21. The number of fused-ring (bicyclic) bond motifs is 1. The number of anilines is 1. The van der Waals surface area contributed by atoms with Crippen molar-refractivity contribution in [1.29, 1.82) is 0 Å². The summed E-state index contributed by atoms with van der Waals surface area (Å²) in [4.78, 5) is 6.51. The number of aromatic nitrogens is 2. The summed E-state index contributed by atoms with van der Waals surface area (Å²) in [5.74, 6) is 0.596. The van der Waals surface area contributed by atoms with Crippen molar-refractivity contribution >= 4 is 39.6 Å². The molecule has 0 amide bonds. The number of hydrogen-bond donors (Lipinski definition) is 1. The van der Waals surface area contributed by atoms with E-state index in [0.717, 1.165) is 24.1 Å². The van der Waals surface area contributed by atoms with E-state index >= 15 is 0 Å². The Morgan fingerprint density at radius 3 is 2.88 bits per heavy atom. The van der Waals surface area contributed by atoms with Gasteiger partial charge in [0.2, 0.25) is 5.95 Å². The van der Waals surface area contributed by atoms with Crippen LogP contribution >= 0.6 is 22.6 Å². The second kappa shape index (κ2) is 4.58. The molecule has 16 heavy (non-hydrogen) atoms. The fourth-order valence-corrected chi connectivity index (χ4v) is 2.13. The normalized spacial score (nSPS) is 11.5. The minimum Gasteiger partial charge on any atom is -0.369 e. The maximum atomic E-state index is 5.92. The fraction of sp³-hybridized carbons (Fsp3) is 0.364.